The zero-order valence-electron chi connectivity index (χ0n) is 14.0. The van der Waals surface area contributed by atoms with Crippen molar-refractivity contribution in [3.05, 3.63) is 24.3 Å². The molecule has 0 radical (unpaired) electrons. The number of hydrogen-bond acceptors (Lipinski definition) is 6. The third-order valence-electron chi connectivity index (χ3n) is 2.57. The monoisotopic (exact) mass is 327 g/mol. The Labute approximate surface area is 136 Å². The minimum Gasteiger partial charge on any atom is -0.458 e. The van der Waals surface area contributed by atoms with Crippen molar-refractivity contribution in [2.45, 2.75) is 39.7 Å². The quantitative estimate of drug-likeness (QED) is 0.286. The van der Waals surface area contributed by atoms with Crippen molar-refractivity contribution >= 4 is 18.0 Å². The van der Waals surface area contributed by atoms with E-state index in [0.717, 1.165) is 12.8 Å². The molecule has 7 nitrogen and oxygen atoms in total. The normalized spacial score (nSPS) is 9.91. The maximum Gasteiger partial charge on any atom is 0.407 e. The summed E-state index contributed by atoms with van der Waals surface area (Å²) >= 11 is 0. The van der Waals surface area contributed by atoms with Crippen LogP contribution in [0, 0.1) is 0 Å². The second-order valence-electron chi connectivity index (χ2n) is 5.07. The lowest BCUT2D eigenvalue weighted by Gasteiger charge is -2.18. The number of unbranched alkanes of at least 4 members (excludes halogenated alkanes) is 1. The Kier molecular flexibility index (Phi) is 10.1. The number of carbonyl (C=O) groups excluding carboxylic acids is 3. The lowest BCUT2D eigenvalue weighted by atomic mass is 10.3. The molecule has 0 aromatic rings. The van der Waals surface area contributed by atoms with Gasteiger partial charge in [0.2, 0.25) is 0 Å². The number of amides is 1. The van der Waals surface area contributed by atoms with Crippen molar-refractivity contribution in [1.82, 2.24) is 5.32 Å². The number of hydrogen-bond donors (Lipinski definition) is 1. The lowest BCUT2D eigenvalue weighted by molar-refractivity contribution is -0.147. The predicted octanol–water partition coefficient (Wildman–Crippen LogP) is 2.12. The summed E-state index contributed by atoms with van der Waals surface area (Å²) in [5.41, 5.74) is 0.435. The molecule has 0 saturated heterocycles. The van der Waals surface area contributed by atoms with Crippen LogP contribution in [0.15, 0.2) is 24.3 Å². The minimum atomic E-state index is -0.914. The Hall–Kier alpha value is -2.31. The standard InChI is InChI=1S/C16H25NO6/c1-6-7-8-17-16(20)23-13(9-21-14(18)11(2)3)10-22-15(19)12(4)5/h13H,2,4,6-10H2,1,3,5H3,(H,17,20). The van der Waals surface area contributed by atoms with Gasteiger partial charge in [-0.25, -0.2) is 14.4 Å². The van der Waals surface area contributed by atoms with Gasteiger partial charge in [-0.3, -0.25) is 0 Å². The molecular formula is C16H25NO6. The highest BCUT2D eigenvalue weighted by Gasteiger charge is 2.19. The summed E-state index contributed by atoms with van der Waals surface area (Å²) in [6.45, 7) is 11.9. The number of esters is 2. The van der Waals surface area contributed by atoms with Crippen molar-refractivity contribution in [3.8, 4) is 0 Å². The van der Waals surface area contributed by atoms with Crippen LogP contribution in [0.3, 0.4) is 0 Å². The molecule has 0 aromatic carbocycles. The maximum absolute atomic E-state index is 11.6. The van der Waals surface area contributed by atoms with Crippen molar-refractivity contribution in [3.63, 3.8) is 0 Å². The maximum atomic E-state index is 11.6. The average Bonchev–Trinajstić information content (AvgIpc) is 2.49. The van der Waals surface area contributed by atoms with E-state index in [9.17, 15) is 14.4 Å². The summed E-state index contributed by atoms with van der Waals surface area (Å²) in [6.07, 6.45) is 0.162. The van der Waals surface area contributed by atoms with Crippen LogP contribution in [0.4, 0.5) is 4.79 Å². The fourth-order valence-electron chi connectivity index (χ4n) is 1.26. The summed E-state index contributed by atoms with van der Waals surface area (Å²) in [7, 11) is 0. The van der Waals surface area contributed by atoms with Gasteiger partial charge in [0, 0.05) is 17.7 Å². The highest BCUT2D eigenvalue weighted by atomic mass is 16.6. The van der Waals surface area contributed by atoms with E-state index in [-0.39, 0.29) is 24.4 Å². The smallest absolute Gasteiger partial charge is 0.407 e. The molecule has 0 aliphatic heterocycles. The van der Waals surface area contributed by atoms with Gasteiger partial charge in [-0.1, -0.05) is 26.5 Å². The molecule has 0 aliphatic rings. The highest BCUT2D eigenvalue weighted by Crippen LogP contribution is 2.02. The molecule has 23 heavy (non-hydrogen) atoms. The van der Waals surface area contributed by atoms with Crippen LogP contribution in [-0.2, 0) is 23.8 Å². The summed E-state index contributed by atoms with van der Waals surface area (Å²) in [5, 5.41) is 2.56. The van der Waals surface area contributed by atoms with E-state index in [1.165, 1.54) is 13.8 Å². The molecule has 1 amide bonds. The summed E-state index contributed by atoms with van der Waals surface area (Å²) in [5.74, 6) is -1.23. The Morgan fingerprint density at radius 3 is 1.87 bits per heavy atom. The first kappa shape index (κ1) is 20.7. The van der Waals surface area contributed by atoms with E-state index in [1.807, 2.05) is 6.92 Å². The zero-order valence-corrected chi connectivity index (χ0v) is 14.0. The number of carbonyl (C=O) groups is 3. The molecule has 0 heterocycles. The molecule has 0 fully saturated rings. The number of ether oxygens (including phenoxy) is 3. The van der Waals surface area contributed by atoms with Crippen molar-refractivity contribution in [2.24, 2.45) is 0 Å². The highest BCUT2D eigenvalue weighted by molar-refractivity contribution is 5.87. The van der Waals surface area contributed by atoms with Crippen LogP contribution in [0.25, 0.3) is 0 Å². The van der Waals surface area contributed by atoms with Gasteiger partial charge >= 0.3 is 18.0 Å². The Balaban J connectivity index is 4.49. The van der Waals surface area contributed by atoms with E-state index in [4.69, 9.17) is 14.2 Å². The van der Waals surface area contributed by atoms with Gasteiger partial charge in [-0.05, 0) is 20.3 Å². The van der Waals surface area contributed by atoms with Gasteiger partial charge in [-0.15, -0.1) is 0 Å². The van der Waals surface area contributed by atoms with Crippen molar-refractivity contribution in [2.75, 3.05) is 19.8 Å². The first-order chi connectivity index (χ1) is 10.8. The van der Waals surface area contributed by atoms with Gasteiger partial charge in [0.05, 0.1) is 0 Å². The summed E-state index contributed by atoms with van der Waals surface area (Å²) < 4.78 is 14.9. The third-order valence-corrected chi connectivity index (χ3v) is 2.57. The van der Waals surface area contributed by atoms with Crippen molar-refractivity contribution in [1.29, 1.82) is 0 Å². The second-order valence-corrected chi connectivity index (χ2v) is 5.07. The fourth-order valence-corrected chi connectivity index (χ4v) is 1.26. The lowest BCUT2D eigenvalue weighted by Crippen LogP contribution is -2.35. The van der Waals surface area contributed by atoms with Crippen LogP contribution in [0.5, 0.6) is 0 Å². The molecular weight excluding hydrogens is 302 g/mol. The molecule has 0 spiro atoms. The Morgan fingerprint density at radius 2 is 1.48 bits per heavy atom. The van der Waals surface area contributed by atoms with Gasteiger partial charge in [-0.2, -0.15) is 0 Å². The van der Waals surface area contributed by atoms with Crippen LogP contribution in [-0.4, -0.2) is 43.9 Å². The third kappa shape index (κ3) is 10.1. The van der Waals surface area contributed by atoms with Crippen LogP contribution >= 0.6 is 0 Å². The van der Waals surface area contributed by atoms with Crippen LogP contribution < -0.4 is 5.32 Å². The summed E-state index contributed by atoms with van der Waals surface area (Å²) in [6, 6.07) is 0. The van der Waals surface area contributed by atoms with Crippen LogP contribution in [0.2, 0.25) is 0 Å². The van der Waals surface area contributed by atoms with Gasteiger partial charge in [0.25, 0.3) is 0 Å². The molecule has 1 N–H and O–H groups in total. The molecule has 0 saturated carbocycles. The zero-order chi connectivity index (χ0) is 17.8. The largest absolute Gasteiger partial charge is 0.458 e. The Morgan fingerprint density at radius 1 is 1.00 bits per heavy atom. The molecule has 0 rings (SSSR count). The van der Waals surface area contributed by atoms with Gasteiger partial charge in [0.15, 0.2) is 6.10 Å². The fraction of sp³-hybridized carbons (Fsp3) is 0.562. The molecule has 0 atom stereocenters. The Bertz CT molecular complexity index is 427. The van der Waals surface area contributed by atoms with E-state index < -0.39 is 24.1 Å². The molecule has 0 aliphatic carbocycles. The number of rotatable bonds is 10. The molecule has 0 aromatic heterocycles. The van der Waals surface area contributed by atoms with Crippen LogP contribution in [0.1, 0.15) is 33.6 Å². The van der Waals surface area contributed by atoms with E-state index >= 15 is 0 Å². The van der Waals surface area contributed by atoms with Gasteiger partial charge in [0.1, 0.15) is 13.2 Å². The first-order valence-electron chi connectivity index (χ1n) is 7.37. The second kappa shape index (κ2) is 11.3. The van der Waals surface area contributed by atoms with Crippen molar-refractivity contribution < 1.29 is 28.6 Å². The number of alkyl carbamates (subject to hydrolysis) is 1. The predicted molar refractivity (Wildman–Crippen MR) is 84.7 cm³/mol. The van der Waals surface area contributed by atoms with E-state index in [2.05, 4.69) is 18.5 Å². The topological polar surface area (TPSA) is 90.9 Å². The molecule has 7 heteroatoms. The SMILES string of the molecule is C=C(C)C(=O)OCC(COC(=O)C(=C)C)OC(=O)NCCCC. The van der Waals surface area contributed by atoms with E-state index in [0.29, 0.717) is 6.54 Å². The molecule has 0 bridgehead atoms. The summed E-state index contributed by atoms with van der Waals surface area (Å²) in [4.78, 5) is 34.4. The molecule has 130 valence electrons. The molecule has 0 unspecified atom stereocenters. The first-order valence-corrected chi connectivity index (χ1v) is 7.37. The van der Waals surface area contributed by atoms with E-state index in [1.54, 1.807) is 0 Å². The average molecular weight is 327 g/mol. The minimum absolute atomic E-state index is 0.218. The number of nitrogens with one attached hydrogen (secondary N) is 1. The van der Waals surface area contributed by atoms with Gasteiger partial charge < -0.3 is 19.5 Å².